The van der Waals surface area contributed by atoms with E-state index in [0.717, 1.165) is 6.42 Å². The Morgan fingerprint density at radius 3 is 2.41 bits per heavy atom. The monoisotopic (exact) mass is 305 g/mol. The van der Waals surface area contributed by atoms with Crippen LogP contribution in [0.25, 0.3) is 5.57 Å². The fourth-order valence-corrected chi connectivity index (χ4v) is 2.57. The highest BCUT2D eigenvalue weighted by molar-refractivity contribution is 6.00. The van der Waals surface area contributed by atoms with Gasteiger partial charge in [-0.05, 0) is 37.0 Å². The first-order valence-electron chi connectivity index (χ1n) is 6.67. The van der Waals surface area contributed by atoms with Crippen LogP contribution in [0, 0.1) is 10.1 Å². The lowest BCUT2D eigenvalue weighted by Gasteiger charge is -2.08. The molecule has 0 aliphatic heterocycles. The molecular formula is C15H15NO6. The van der Waals surface area contributed by atoms with Gasteiger partial charge in [0.05, 0.1) is 30.3 Å². The van der Waals surface area contributed by atoms with Gasteiger partial charge < -0.3 is 9.47 Å². The molecule has 0 amide bonds. The molecule has 0 N–H and O–H groups in total. The summed E-state index contributed by atoms with van der Waals surface area (Å²) in [5.74, 6) is -1.12. The molecule has 0 saturated carbocycles. The average molecular weight is 305 g/mol. The molecule has 1 aromatic rings. The first kappa shape index (κ1) is 15.7. The zero-order chi connectivity index (χ0) is 16.3. The van der Waals surface area contributed by atoms with Crippen LogP contribution in [0.1, 0.15) is 35.2 Å². The second kappa shape index (κ2) is 6.38. The van der Waals surface area contributed by atoms with Crippen molar-refractivity contribution in [2.75, 3.05) is 14.2 Å². The van der Waals surface area contributed by atoms with Crippen molar-refractivity contribution in [2.45, 2.75) is 19.3 Å². The van der Waals surface area contributed by atoms with Crippen LogP contribution in [-0.4, -0.2) is 31.1 Å². The van der Waals surface area contributed by atoms with Gasteiger partial charge in [0.25, 0.3) is 5.69 Å². The minimum absolute atomic E-state index is 0.0937. The number of esters is 2. The molecule has 0 fully saturated rings. The minimum atomic E-state index is -0.650. The van der Waals surface area contributed by atoms with Crippen LogP contribution in [0.2, 0.25) is 0 Å². The van der Waals surface area contributed by atoms with E-state index in [0.29, 0.717) is 29.6 Å². The van der Waals surface area contributed by atoms with Gasteiger partial charge in [-0.25, -0.2) is 9.59 Å². The Kier molecular flexibility index (Phi) is 4.55. The molecule has 1 aliphatic carbocycles. The summed E-state index contributed by atoms with van der Waals surface area (Å²) in [6.45, 7) is 0. The lowest BCUT2D eigenvalue weighted by Crippen LogP contribution is -2.06. The number of nitrogens with zero attached hydrogens (tertiary/aromatic N) is 1. The van der Waals surface area contributed by atoms with Gasteiger partial charge in [-0.15, -0.1) is 0 Å². The third-order valence-electron chi connectivity index (χ3n) is 3.59. The predicted molar refractivity (Wildman–Crippen MR) is 77.2 cm³/mol. The number of carbonyl (C=O) groups excluding carboxylic acids is 2. The van der Waals surface area contributed by atoms with Crippen molar-refractivity contribution >= 4 is 23.2 Å². The summed E-state index contributed by atoms with van der Waals surface area (Å²) in [5.41, 5.74) is 1.28. The van der Waals surface area contributed by atoms with E-state index in [4.69, 9.17) is 4.74 Å². The Balaban J connectivity index is 2.58. The minimum Gasteiger partial charge on any atom is -0.466 e. The number of ether oxygens (including phenoxy) is 2. The van der Waals surface area contributed by atoms with Crippen molar-refractivity contribution < 1.29 is 24.0 Å². The average Bonchev–Trinajstić information content (AvgIpc) is 3.02. The predicted octanol–water partition coefficient (Wildman–Crippen LogP) is 2.49. The summed E-state index contributed by atoms with van der Waals surface area (Å²) in [6, 6.07) is 4.10. The van der Waals surface area contributed by atoms with Crippen molar-refractivity contribution in [1.29, 1.82) is 0 Å². The molecule has 0 atom stereocenters. The van der Waals surface area contributed by atoms with Crippen molar-refractivity contribution in [3.8, 4) is 0 Å². The van der Waals surface area contributed by atoms with Gasteiger partial charge in [0, 0.05) is 11.6 Å². The summed E-state index contributed by atoms with van der Waals surface area (Å²) in [5, 5.41) is 11.3. The van der Waals surface area contributed by atoms with E-state index in [2.05, 4.69) is 4.74 Å². The third kappa shape index (κ3) is 2.83. The number of nitro groups is 1. The lowest BCUT2D eigenvalue weighted by molar-refractivity contribution is -0.385. The van der Waals surface area contributed by atoms with E-state index in [1.807, 2.05) is 0 Å². The molecule has 1 aliphatic rings. The van der Waals surface area contributed by atoms with Crippen LogP contribution in [0.5, 0.6) is 0 Å². The molecule has 0 aromatic heterocycles. The Morgan fingerprint density at radius 2 is 1.82 bits per heavy atom. The molecule has 22 heavy (non-hydrogen) atoms. The second-order valence-corrected chi connectivity index (χ2v) is 4.78. The Hall–Kier alpha value is -2.70. The zero-order valence-corrected chi connectivity index (χ0v) is 12.3. The van der Waals surface area contributed by atoms with E-state index < -0.39 is 16.9 Å². The normalized spacial score (nSPS) is 13.9. The number of carbonyl (C=O) groups is 2. The molecule has 0 unspecified atom stereocenters. The quantitative estimate of drug-likeness (QED) is 0.482. The Bertz CT molecular complexity index is 677. The summed E-state index contributed by atoms with van der Waals surface area (Å²) in [6.07, 6.45) is 1.82. The first-order chi connectivity index (χ1) is 10.5. The van der Waals surface area contributed by atoms with Crippen LogP contribution in [0.3, 0.4) is 0 Å². The molecule has 116 valence electrons. The summed E-state index contributed by atoms with van der Waals surface area (Å²) < 4.78 is 9.29. The third-order valence-corrected chi connectivity index (χ3v) is 3.59. The van der Waals surface area contributed by atoms with E-state index >= 15 is 0 Å². The molecule has 7 nitrogen and oxygen atoms in total. The maximum Gasteiger partial charge on any atom is 0.338 e. The van der Waals surface area contributed by atoms with Crippen molar-refractivity contribution in [3.05, 3.63) is 45.0 Å². The number of rotatable bonds is 4. The van der Waals surface area contributed by atoms with E-state index in [1.54, 1.807) is 0 Å². The molecular weight excluding hydrogens is 290 g/mol. The Morgan fingerprint density at radius 1 is 1.14 bits per heavy atom. The van der Waals surface area contributed by atoms with Crippen LogP contribution in [-0.2, 0) is 14.3 Å². The van der Waals surface area contributed by atoms with Crippen LogP contribution < -0.4 is 0 Å². The fourth-order valence-electron chi connectivity index (χ4n) is 2.57. The highest BCUT2D eigenvalue weighted by atomic mass is 16.6. The van der Waals surface area contributed by atoms with Gasteiger partial charge in [-0.3, -0.25) is 10.1 Å². The van der Waals surface area contributed by atoms with Gasteiger partial charge in [-0.2, -0.15) is 0 Å². The maximum absolute atomic E-state index is 11.8. The Labute approximate surface area is 126 Å². The smallest absolute Gasteiger partial charge is 0.338 e. The highest BCUT2D eigenvalue weighted by Gasteiger charge is 2.28. The van der Waals surface area contributed by atoms with Crippen LogP contribution in [0.4, 0.5) is 5.69 Å². The van der Waals surface area contributed by atoms with Gasteiger partial charge in [-0.1, -0.05) is 0 Å². The van der Waals surface area contributed by atoms with E-state index in [1.165, 1.54) is 32.4 Å². The topological polar surface area (TPSA) is 95.7 Å². The zero-order valence-electron chi connectivity index (χ0n) is 12.3. The number of hydrogen-bond donors (Lipinski definition) is 0. The SMILES string of the molecule is COC(=O)C1=C(c2ccc(C(=O)OC)cc2[N+](=O)[O-])CCC1. The first-order valence-corrected chi connectivity index (χ1v) is 6.67. The van der Waals surface area contributed by atoms with Crippen molar-refractivity contribution in [2.24, 2.45) is 0 Å². The maximum atomic E-state index is 11.8. The van der Waals surface area contributed by atoms with Crippen LogP contribution in [0.15, 0.2) is 23.8 Å². The summed E-state index contributed by atoms with van der Waals surface area (Å²) in [4.78, 5) is 34.0. The number of allylic oxidation sites excluding steroid dienone is 1. The number of hydrogen-bond acceptors (Lipinski definition) is 6. The molecule has 2 rings (SSSR count). The van der Waals surface area contributed by atoms with E-state index in [9.17, 15) is 19.7 Å². The number of benzene rings is 1. The highest BCUT2D eigenvalue weighted by Crippen LogP contribution is 2.38. The molecule has 0 radical (unpaired) electrons. The summed E-state index contributed by atoms with van der Waals surface area (Å²) >= 11 is 0. The molecule has 0 heterocycles. The van der Waals surface area contributed by atoms with Gasteiger partial charge in [0.2, 0.25) is 0 Å². The number of nitro benzene ring substituents is 1. The molecule has 0 spiro atoms. The van der Waals surface area contributed by atoms with Gasteiger partial charge in [0.15, 0.2) is 0 Å². The molecule has 0 saturated heterocycles. The second-order valence-electron chi connectivity index (χ2n) is 4.78. The lowest BCUT2D eigenvalue weighted by atomic mass is 9.98. The van der Waals surface area contributed by atoms with Crippen molar-refractivity contribution in [1.82, 2.24) is 0 Å². The summed E-state index contributed by atoms with van der Waals surface area (Å²) in [7, 11) is 2.48. The largest absolute Gasteiger partial charge is 0.466 e. The van der Waals surface area contributed by atoms with Crippen molar-refractivity contribution in [3.63, 3.8) is 0 Å². The molecule has 1 aromatic carbocycles. The number of methoxy groups -OCH3 is 2. The molecule has 7 heteroatoms. The standard InChI is InChI=1S/C15H15NO6/c1-21-14(17)9-6-7-11(13(8-9)16(19)20)10-4-3-5-12(10)15(18)22-2/h6-8H,3-5H2,1-2H3. The van der Waals surface area contributed by atoms with Crippen LogP contribution >= 0.6 is 0 Å². The fraction of sp³-hybridized carbons (Fsp3) is 0.333. The van der Waals surface area contributed by atoms with Gasteiger partial charge in [0.1, 0.15) is 0 Å². The molecule has 0 bridgehead atoms. The van der Waals surface area contributed by atoms with Gasteiger partial charge >= 0.3 is 11.9 Å². The van der Waals surface area contributed by atoms with E-state index in [-0.39, 0.29) is 11.3 Å².